The fourth-order valence-corrected chi connectivity index (χ4v) is 2.62. The van der Waals surface area contributed by atoms with E-state index < -0.39 is 5.97 Å². The van der Waals surface area contributed by atoms with Gasteiger partial charge in [-0.15, -0.1) is 0 Å². The topological polar surface area (TPSA) is 79.3 Å². The Morgan fingerprint density at radius 1 is 1.12 bits per heavy atom. The number of carbonyl (C=O) groups is 2. The first kappa shape index (κ1) is 16.0. The Labute approximate surface area is 142 Å². The fourth-order valence-electron chi connectivity index (χ4n) is 2.33. The predicted octanol–water partition coefficient (Wildman–Crippen LogP) is 3.52. The molecule has 2 aromatic carbocycles. The number of aromatic nitrogens is 1. The smallest absolute Gasteiger partial charge is 0.337 e. The van der Waals surface area contributed by atoms with Crippen LogP contribution in [0.5, 0.6) is 0 Å². The molecule has 0 aliphatic heterocycles. The summed E-state index contributed by atoms with van der Waals surface area (Å²) in [5, 5.41) is 12.8. The molecule has 1 heterocycles. The maximum atomic E-state index is 12.3. The van der Waals surface area contributed by atoms with Crippen LogP contribution in [0, 0.1) is 0 Å². The maximum Gasteiger partial charge on any atom is 0.337 e. The van der Waals surface area contributed by atoms with Crippen LogP contribution < -0.4 is 5.32 Å². The number of amides is 1. The molecule has 1 amide bonds. The van der Waals surface area contributed by atoms with Crippen LogP contribution in [-0.4, -0.2) is 22.0 Å². The zero-order chi connectivity index (χ0) is 17.1. The molecule has 24 heavy (non-hydrogen) atoms. The van der Waals surface area contributed by atoms with Crippen LogP contribution in [0.2, 0.25) is 5.02 Å². The summed E-state index contributed by atoms with van der Waals surface area (Å²) in [6.07, 6.45) is 1.68. The van der Waals surface area contributed by atoms with Crippen molar-refractivity contribution in [2.75, 3.05) is 0 Å². The number of halogens is 1. The van der Waals surface area contributed by atoms with E-state index in [0.717, 1.165) is 16.5 Å². The zero-order valence-corrected chi connectivity index (χ0v) is 13.2. The van der Waals surface area contributed by atoms with Crippen molar-refractivity contribution < 1.29 is 14.7 Å². The lowest BCUT2D eigenvalue weighted by Gasteiger charge is -2.07. The summed E-state index contributed by atoms with van der Waals surface area (Å²) in [6, 6.07) is 13.7. The Balaban J connectivity index is 1.72. The SMILES string of the molecule is O=C(NCc1ccc(C(=O)O)c(Cl)c1)c1ccc2cccnc2c1. The van der Waals surface area contributed by atoms with E-state index in [2.05, 4.69) is 10.3 Å². The first-order valence-corrected chi connectivity index (χ1v) is 7.57. The van der Waals surface area contributed by atoms with E-state index >= 15 is 0 Å². The van der Waals surface area contributed by atoms with Gasteiger partial charge in [0.25, 0.3) is 5.91 Å². The van der Waals surface area contributed by atoms with Gasteiger partial charge in [-0.1, -0.05) is 29.8 Å². The van der Waals surface area contributed by atoms with Crippen molar-refractivity contribution in [3.05, 3.63) is 76.4 Å². The number of rotatable bonds is 4. The lowest BCUT2D eigenvalue weighted by molar-refractivity contribution is 0.0696. The largest absolute Gasteiger partial charge is 0.478 e. The van der Waals surface area contributed by atoms with E-state index in [0.29, 0.717) is 5.56 Å². The molecule has 3 aromatic rings. The number of fused-ring (bicyclic) bond motifs is 1. The van der Waals surface area contributed by atoms with Crippen LogP contribution >= 0.6 is 11.6 Å². The number of carbonyl (C=O) groups excluding carboxylic acids is 1. The molecular formula is C18H13ClN2O3. The van der Waals surface area contributed by atoms with Crippen molar-refractivity contribution in [1.82, 2.24) is 10.3 Å². The normalized spacial score (nSPS) is 10.5. The fraction of sp³-hybridized carbons (Fsp3) is 0.0556. The summed E-state index contributed by atoms with van der Waals surface area (Å²) in [5.41, 5.74) is 2.01. The molecule has 0 saturated carbocycles. The number of nitrogens with one attached hydrogen (secondary N) is 1. The van der Waals surface area contributed by atoms with Crippen molar-refractivity contribution in [3.8, 4) is 0 Å². The number of nitrogens with zero attached hydrogens (tertiary/aromatic N) is 1. The van der Waals surface area contributed by atoms with Gasteiger partial charge in [-0.2, -0.15) is 0 Å². The highest BCUT2D eigenvalue weighted by molar-refractivity contribution is 6.33. The molecule has 0 saturated heterocycles. The lowest BCUT2D eigenvalue weighted by atomic mass is 10.1. The van der Waals surface area contributed by atoms with Gasteiger partial charge in [0.15, 0.2) is 0 Å². The third-order valence-corrected chi connectivity index (χ3v) is 3.90. The van der Waals surface area contributed by atoms with E-state index in [9.17, 15) is 9.59 Å². The Bertz CT molecular complexity index is 940. The quantitative estimate of drug-likeness (QED) is 0.761. The molecule has 120 valence electrons. The van der Waals surface area contributed by atoms with Gasteiger partial charge in [-0.05, 0) is 35.9 Å². The number of pyridine rings is 1. The van der Waals surface area contributed by atoms with Crippen LogP contribution in [0.15, 0.2) is 54.7 Å². The Hall–Kier alpha value is -2.92. The lowest BCUT2D eigenvalue weighted by Crippen LogP contribution is -2.22. The molecule has 0 bridgehead atoms. The summed E-state index contributed by atoms with van der Waals surface area (Å²) in [6.45, 7) is 0.249. The van der Waals surface area contributed by atoms with E-state index in [1.54, 1.807) is 24.4 Å². The molecule has 0 radical (unpaired) electrons. The number of hydrogen-bond acceptors (Lipinski definition) is 3. The molecule has 2 N–H and O–H groups in total. The number of hydrogen-bond donors (Lipinski definition) is 2. The Morgan fingerprint density at radius 3 is 2.71 bits per heavy atom. The molecular weight excluding hydrogens is 328 g/mol. The van der Waals surface area contributed by atoms with E-state index in [1.165, 1.54) is 12.1 Å². The maximum absolute atomic E-state index is 12.3. The summed E-state index contributed by atoms with van der Waals surface area (Å²) in [7, 11) is 0. The average molecular weight is 341 g/mol. The van der Waals surface area contributed by atoms with Crippen LogP contribution in [0.25, 0.3) is 10.9 Å². The standard InChI is InChI=1S/C18H13ClN2O3/c19-15-8-11(3-6-14(15)18(23)24)10-21-17(22)13-5-4-12-2-1-7-20-16(12)9-13/h1-9H,10H2,(H,21,22)(H,23,24). The van der Waals surface area contributed by atoms with E-state index in [1.807, 2.05) is 18.2 Å². The molecule has 0 spiro atoms. The van der Waals surface area contributed by atoms with Gasteiger partial charge < -0.3 is 10.4 Å². The van der Waals surface area contributed by atoms with E-state index in [4.69, 9.17) is 16.7 Å². The van der Waals surface area contributed by atoms with Crippen molar-refractivity contribution in [2.24, 2.45) is 0 Å². The second-order valence-corrected chi connectivity index (χ2v) is 5.62. The van der Waals surface area contributed by atoms with Crippen LogP contribution in [0.1, 0.15) is 26.3 Å². The van der Waals surface area contributed by atoms with Crippen molar-refractivity contribution in [3.63, 3.8) is 0 Å². The third-order valence-electron chi connectivity index (χ3n) is 3.59. The van der Waals surface area contributed by atoms with Gasteiger partial charge in [0.05, 0.1) is 16.1 Å². The van der Waals surface area contributed by atoms with Crippen molar-refractivity contribution >= 4 is 34.4 Å². The van der Waals surface area contributed by atoms with Crippen molar-refractivity contribution in [2.45, 2.75) is 6.54 Å². The molecule has 0 atom stereocenters. The predicted molar refractivity (Wildman–Crippen MR) is 91.3 cm³/mol. The Morgan fingerprint density at radius 2 is 1.96 bits per heavy atom. The molecule has 3 rings (SSSR count). The van der Waals surface area contributed by atoms with Gasteiger partial charge in [0.1, 0.15) is 0 Å². The monoisotopic (exact) mass is 340 g/mol. The van der Waals surface area contributed by atoms with Gasteiger partial charge in [-0.3, -0.25) is 9.78 Å². The second kappa shape index (κ2) is 6.68. The Kier molecular flexibility index (Phi) is 4.44. The molecule has 0 fully saturated rings. The average Bonchev–Trinajstić information content (AvgIpc) is 2.59. The van der Waals surface area contributed by atoms with E-state index in [-0.39, 0.29) is 23.0 Å². The summed E-state index contributed by atoms with van der Waals surface area (Å²) in [5.74, 6) is -1.32. The van der Waals surface area contributed by atoms with Gasteiger partial charge in [-0.25, -0.2) is 4.79 Å². The van der Waals surface area contributed by atoms with Crippen LogP contribution in [0.4, 0.5) is 0 Å². The minimum absolute atomic E-state index is 0.0346. The molecule has 6 heteroatoms. The highest BCUT2D eigenvalue weighted by Gasteiger charge is 2.10. The molecule has 0 aliphatic rings. The minimum atomic E-state index is -1.08. The second-order valence-electron chi connectivity index (χ2n) is 5.21. The van der Waals surface area contributed by atoms with Crippen LogP contribution in [-0.2, 0) is 6.54 Å². The number of carboxylic acids is 1. The molecule has 5 nitrogen and oxygen atoms in total. The summed E-state index contributed by atoms with van der Waals surface area (Å²) < 4.78 is 0. The third kappa shape index (κ3) is 3.36. The summed E-state index contributed by atoms with van der Waals surface area (Å²) >= 11 is 5.92. The molecule has 0 unspecified atom stereocenters. The number of aromatic carboxylic acids is 1. The van der Waals surface area contributed by atoms with Gasteiger partial charge in [0, 0.05) is 23.7 Å². The van der Waals surface area contributed by atoms with Crippen LogP contribution in [0.3, 0.4) is 0 Å². The minimum Gasteiger partial charge on any atom is -0.478 e. The molecule has 0 aliphatic carbocycles. The first-order chi connectivity index (χ1) is 11.5. The van der Waals surface area contributed by atoms with Crippen molar-refractivity contribution in [1.29, 1.82) is 0 Å². The zero-order valence-electron chi connectivity index (χ0n) is 12.5. The van der Waals surface area contributed by atoms with Gasteiger partial charge >= 0.3 is 5.97 Å². The van der Waals surface area contributed by atoms with Gasteiger partial charge in [0.2, 0.25) is 0 Å². The highest BCUT2D eigenvalue weighted by Crippen LogP contribution is 2.18. The number of carboxylic acid groups (broad SMARTS) is 1. The number of benzene rings is 2. The highest BCUT2D eigenvalue weighted by atomic mass is 35.5. The first-order valence-electron chi connectivity index (χ1n) is 7.19. The molecule has 1 aromatic heterocycles. The summed E-state index contributed by atoms with van der Waals surface area (Å²) in [4.78, 5) is 27.4.